The van der Waals surface area contributed by atoms with Crippen LogP contribution in [0.5, 0.6) is 0 Å². The molecule has 0 amide bonds. The van der Waals surface area contributed by atoms with Gasteiger partial charge in [-0.1, -0.05) is 54.1 Å². The van der Waals surface area contributed by atoms with Crippen molar-refractivity contribution in [1.82, 2.24) is 0 Å². The van der Waals surface area contributed by atoms with Crippen molar-refractivity contribution in [2.75, 3.05) is 10.0 Å². The Morgan fingerprint density at radius 1 is 0.871 bits per heavy atom. The quantitative estimate of drug-likeness (QED) is 0.506. The predicted octanol–water partition coefficient (Wildman–Crippen LogP) is 5.85. The zero-order valence-electron chi connectivity index (χ0n) is 17.0. The van der Waals surface area contributed by atoms with Gasteiger partial charge in [-0.15, -0.1) is 0 Å². The molecule has 7 heteroatoms. The third-order valence-electron chi connectivity index (χ3n) is 5.29. The summed E-state index contributed by atoms with van der Waals surface area (Å²) in [6, 6.07) is 25.6. The van der Waals surface area contributed by atoms with Crippen molar-refractivity contribution in [3.8, 4) is 0 Å². The average molecular weight is 447 g/mol. The number of nitrogens with zero attached hydrogens (tertiary/aromatic N) is 4. The first-order valence-electron chi connectivity index (χ1n) is 9.85. The Kier molecular flexibility index (Phi) is 4.84. The van der Waals surface area contributed by atoms with Crippen LogP contribution in [0, 0.1) is 0 Å². The number of hydrazone groups is 2. The molecule has 0 radical (unpaired) electrons. The minimum absolute atomic E-state index is 0.0855. The predicted molar refractivity (Wildman–Crippen MR) is 129 cm³/mol. The monoisotopic (exact) mass is 446 g/mol. The highest BCUT2D eigenvalue weighted by atomic mass is 35.5. The summed E-state index contributed by atoms with van der Waals surface area (Å²) >= 11 is 7.56. The van der Waals surface area contributed by atoms with Crippen LogP contribution in [0.3, 0.4) is 0 Å². The summed E-state index contributed by atoms with van der Waals surface area (Å²) in [7, 11) is 0. The number of hydrogen-bond acceptors (Lipinski definition) is 6. The van der Waals surface area contributed by atoms with Crippen LogP contribution < -0.4 is 10.0 Å². The van der Waals surface area contributed by atoms with E-state index in [-0.39, 0.29) is 5.78 Å². The number of halogens is 1. The fraction of sp³-hybridized carbons (Fsp3) is 0.125. The van der Waals surface area contributed by atoms with E-state index in [1.54, 1.807) is 6.92 Å². The number of Topliss-reactive ketones (excluding diaryl/α,β-unsaturated/α-hetero) is 1. The van der Waals surface area contributed by atoms with Gasteiger partial charge >= 0.3 is 0 Å². The third kappa shape index (κ3) is 3.14. The van der Waals surface area contributed by atoms with Gasteiger partial charge in [-0.2, -0.15) is 10.2 Å². The molecular formula is C24H19ClN4OS. The molecule has 0 saturated carbocycles. The van der Waals surface area contributed by atoms with Gasteiger partial charge in [0, 0.05) is 23.1 Å². The van der Waals surface area contributed by atoms with E-state index in [0.717, 1.165) is 28.2 Å². The molecule has 0 aromatic heterocycles. The van der Waals surface area contributed by atoms with Gasteiger partial charge < -0.3 is 0 Å². The molecule has 2 heterocycles. The zero-order valence-corrected chi connectivity index (χ0v) is 18.6. The molecular weight excluding hydrogens is 428 g/mol. The first-order chi connectivity index (χ1) is 15.0. The molecule has 0 fully saturated rings. The first kappa shape index (κ1) is 19.8. The number of thioether (sulfide) groups is 1. The zero-order chi connectivity index (χ0) is 21.6. The standard InChI is InChI=1S/C24H19ClN4OS/c1-16-21-10-6-7-11-22(21)24(28(26-16)19-8-4-3-5-9-19)29(27-23(31-24)17(2)30)20-14-12-18(25)13-15-20/h3-15H,1-2H3/t24-/m1/s1. The summed E-state index contributed by atoms with van der Waals surface area (Å²) in [5, 5.41) is 14.7. The summed E-state index contributed by atoms with van der Waals surface area (Å²) in [6.07, 6.45) is 0. The smallest absolute Gasteiger partial charge is 0.234 e. The van der Waals surface area contributed by atoms with Crippen molar-refractivity contribution < 1.29 is 4.79 Å². The molecule has 3 aromatic rings. The largest absolute Gasteiger partial charge is 0.292 e. The number of ketones is 1. The highest BCUT2D eigenvalue weighted by Crippen LogP contribution is 2.54. The van der Waals surface area contributed by atoms with Crippen molar-refractivity contribution in [2.24, 2.45) is 10.2 Å². The fourth-order valence-electron chi connectivity index (χ4n) is 3.89. The lowest BCUT2D eigenvalue weighted by atomic mass is 9.98. The van der Waals surface area contributed by atoms with Crippen LogP contribution in [0.4, 0.5) is 11.4 Å². The van der Waals surface area contributed by atoms with E-state index in [1.807, 2.05) is 83.7 Å². The summed E-state index contributed by atoms with van der Waals surface area (Å²) in [5.74, 6) is -0.0855. The number of para-hydroxylation sites is 1. The lowest BCUT2D eigenvalue weighted by Gasteiger charge is -2.46. The number of carbonyl (C=O) groups excluding carboxylic acids is 1. The van der Waals surface area contributed by atoms with Crippen LogP contribution in [0.1, 0.15) is 25.0 Å². The molecule has 0 aliphatic carbocycles. The van der Waals surface area contributed by atoms with Crippen molar-refractivity contribution in [2.45, 2.75) is 18.8 Å². The summed E-state index contributed by atoms with van der Waals surface area (Å²) in [6.45, 7) is 3.54. The summed E-state index contributed by atoms with van der Waals surface area (Å²) < 4.78 is 0. The molecule has 2 aliphatic heterocycles. The molecule has 2 aliphatic rings. The Morgan fingerprint density at radius 2 is 1.48 bits per heavy atom. The Labute approximate surface area is 190 Å². The van der Waals surface area contributed by atoms with E-state index in [9.17, 15) is 4.79 Å². The highest BCUT2D eigenvalue weighted by Gasteiger charge is 2.55. The lowest BCUT2D eigenvalue weighted by molar-refractivity contribution is -0.110. The van der Waals surface area contributed by atoms with Gasteiger partial charge in [0.2, 0.25) is 4.99 Å². The SMILES string of the molecule is CC(=O)C1=NN(c2ccc(Cl)cc2)[C@@]2(S1)c1ccccc1C(C)=NN2c1ccccc1. The van der Waals surface area contributed by atoms with E-state index in [1.165, 1.54) is 11.8 Å². The van der Waals surface area contributed by atoms with Crippen LogP contribution in [0.25, 0.3) is 0 Å². The van der Waals surface area contributed by atoms with Crippen molar-refractivity contribution >= 4 is 51.3 Å². The maximum absolute atomic E-state index is 12.5. The molecule has 0 unspecified atom stereocenters. The summed E-state index contributed by atoms with van der Waals surface area (Å²) in [5.41, 5.74) is 4.67. The minimum atomic E-state index is -0.897. The van der Waals surface area contributed by atoms with Crippen LogP contribution in [-0.4, -0.2) is 16.5 Å². The van der Waals surface area contributed by atoms with Gasteiger partial charge in [0.15, 0.2) is 10.8 Å². The normalized spacial score (nSPS) is 19.8. The van der Waals surface area contributed by atoms with Crippen molar-refractivity contribution in [3.05, 3.63) is 95.0 Å². The van der Waals surface area contributed by atoms with E-state index in [0.29, 0.717) is 10.1 Å². The second-order valence-corrected chi connectivity index (χ2v) is 8.93. The number of fused-ring (bicyclic) bond motifs is 2. The van der Waals surface area contributed by atoms with Gasteiger partial charge in [-0.05, 0) is 55.1 Å². The van der Waals surface area contributed by atoms with Gasteiger partial charge in [0.1, 0.15) is 0 Å². The van der Waals surface area contributed by atoms with Crippen LogP contribution in [-0.2, 0) is 9.79 Å². The maximum Gasteiger partial charge on any atom is 0.234 e. The van der Waals surface area contributed by atoms with Gasteiger partial charge in [-0.3, -0.25) is 4.79 Å². The van der Waals surface area contributed by atoms with Crippen molar-refractivity contribution in [3.63, 3.8) is 0 Å². The fourth-order valence-corrected chi connectivity index (χ4v) is 5.30. The molecule has 3 aromatic carbocycles. The minimum Gasteiger partial charge on any atom is -0.292 e. The number of rotatable bonds is 3. The molecule has 5 rings (SSSR count). The Bertz CT molecular complexity index is 1230. The molecule has 0 N–H and O–H groups in total. The molecule has 1 spiro atoms. The average Bonchev–Trinajstić information content (AvgIpc) is 3.19. The van der Waals surface area contributed by atoms with E-state index in [2.05, 4.69) is 12.1 Å². The highest BCUT2D eigenvalue weighted by molar-refractivity contribution is 8.17. The Morgan fingerprint density at radius 3 is 2.19 bits per heavy atom. The Hall–Kier alpha value is -3.09. The first-order valence-corrected chi connectivity index (χ1v) is 11.0. The number of benzene rings is 3. The second-order valence-electron chi connectivity index (χ2n) is 7.34. The van der Waals surface area contributed by atoms with Crippen molar-refractivity contribution in [1.29, 1.82) is 0 Å². The number of carbonyl (C=O) groups is 1. The number of anilines is 2. The second kappa shape index (κ2) is 7.55. The lowest BCUT2D eigenvalue weighted by Crippen LogP contribution is -2.53. The molecule has 31 heavy (non-hydrogen) atoms. The van der Waals surface area contributed by atoms with E-state index in [4.69, 9.17) is 21.8 Å². The number of hydrogen-bond donors (Lipinski definition) is 0. The molecule has 0 bridgehead atoms. The van der Waals surface area contributed by atoms with Gasteiger partial charge in [0.05, 0.1) is 17.1 Å². The van der Waals surface area contributed by atoms with Gasteiger partial charge in [0.25, 0.3) is 0 Å². The summed E-state index contributed by atoms with van der Waals surface area (Å²) in [4.78, 5) is 11.6. The van der Waals surface area contributed by atoms with Crippen LogP contribution >= 0.6 is 23.4 Å². The van der Waals surface area contributed by atoms with E-state index < -0.39 is 4.99 Å². The molecule has 154 valence electrons. The third-order valence-corrected chi connectivity index (χ3v) is 6.96. The Balaban J connectivity index is 1.81. The van der Waals surface area contributed by atoms with Crippen LogP contribution in [0.2, 0.25) is 5.02 Å². The van der Waals surface area contributed by atoms with E-state index >= 15 is 0 Å². The molecule has 5 nitrogen and oxygen atoms in total. The topological polar surface area (TPSA) is 48.3 Å². The molecule has 1 atom stereocenters. The van der Waals surface area contributed by atoms with Gasteiger partial charge in [-0.25, -0.2) is 10.0 Å². The maximum atomic E-state index is 12.5. The van der Waals surface area contributed by atoms with Crippen LogP contribution in [0.15, 0.2) is 89.1 Å². The molecule has 0 saturated heterocycles.